The first-order valence-corrected chi connectivity index (χ1v) is 5.09. The second-order valence-corrected chi connectivity index (χ2v) is 4.36. The molecule has 3 heteroatoms. The molecule has 12 heavy (non-hydrogen) atoms. The Labute approximate surface area is 78.0 Å². The number of thiazole rings is 1. The number of rotatable bonds is 3. The normalized spacial score (nSPS) is 13.8. The number of nitrogens with zero attached hydrogens (tertiary/aromatic N) is 1. The van der Waals surface area contributed by atoms with Crippen molar-refractivity contribution in [1.29, 1.82) is 0 Å². The minimum atomic E-state index is 0.426. The Morgan fingerprint density at radius 2 is 2.08 bits per heavy atom. The molecule has 1 N–H and O–H groups in total. The molecule has 0 aromatic carbocycles. The summed E-state index contributed by atoms with van der Waals surface area (Å²) in [6.07, 6.45) is 1.97. The quantitative estimate of drug-likeness (QED) is 0.781. The van der Waals surface area contributed by atoms with E-state index in [4.69, 9.17) is 0 Å². The van der Waals surface area contributed by atoms with E-state index in [1.165, 1.54) is 9.88 Å². The molecule has 0 fully saturated rings. The maximum Gasteiger partial charge on any atom is 0.0953 e. The van der Waals surface area contributed by atoms with Gasteiger partial charge in [0, 0.05) is 23.0 Å². The Bertz CT molecular complexity index is 242. The van der Waals surface area contributed by atoms with Gasteiger partial charge in [0.1, 0.15) is 0 Å². The molecule has 1 unspecified atom stereocenters. The van der Waals surface area contributed by atoms with Gasteiger partial charge in [0.2, 0.25) is 0 Å². The fourth-order valence-corrected chi connectivity index (χ4v) is 1.89. The first-order valence-electron chi connectivity index (χ1n) is 4.28. The van der Waals surface area contributed by atoms with E-state index in [0.29, 0.717) is 12.0 Å². The maximum atomic E-state index is 4.36. The molecule has 1 aromatic heterocycles. The lowest BCUT2D eigenvalue weighted by atomic mass is 10.2. The standard InChI is InChI=1S/C9H16N2S/c1-6(2)9-11-5-8(12-9)7(3)10-4/h5-7,10H,1-4H3. The van der Waals surface area contributed by atoms with E-state index in [9.17, 15) is 0 Å². The highest BCUT2D eigenvalue weighted by atomic mass is 32.1. The maximum absolute atomic E-state index is 4.36. The Morgan fingerprint density at radius 3 is 2.50 bits per heavy atom. The molecule has 0 aliphatic heterocycles. The van der Waals surface area contributed by atoms with Crippen LogP contribution in [0.25, 0.3) is 0 Å². The van der Waals surface area contributed by atoms with Gasteiger partial charge in [-0.1, -0.05) is 13.8 Å². The van der Waals surface area contributed by atoms with Crippen molar-refractivity contribution < 1.29 is 0 Å². The van der Waals surface area contributed by atoms with Crippen LogP contribution in [-0.4, -0.2) is 12.0 Å². The first-order chi connectivity index (χ1) is 5.65. The first kappa shape index (κ1) is 9.68. The number of aromatic nitrogens is 1. The predicted molar refractivity (Wildman–Crippen MR) is 53.7 cm³/mol. The summed E-state index contributed by atoms with van der Waals surface area (Å²) in [4.78, 5) is 5.68. The minimum absolute atomic E-state index is 0.426. The van der Waals surface area contributed by atoms with Crippen LogP contribution >= 0.6 is 11.3 Å². The third-order valence-electron chi connectivity index (χ3n) is 1.90. The molecule has 1 rings (SSSR count). The van der Waals surface area contributed by atoms with Gasteiger partial charge in [0.15, 0.2) is 0 Å². The van der Waals surface area contributed by atoms with Crippen LogP contribution in [0.15, 0.2) is 6.20 Å². The summed E-state index contributed by atoms with van der Waals surface area (Å²) >= 11 is 1.80. The summed E-state index contributed by atoms with van der Waals surface area (Å²) in [5, 5.41) is 4.43. The minimum Gasteiger partial charge on any atom is -0.312 e. The molecule has 0 aliphatic carbocycles. The van der Waals surface area contributed by atoms with Crippen molar-refractivity contribution in [3.05, 3.63) is 16.1 Å². The SMILES string of the molecule is CNC(C)c1cnc(C(C)C)s1. The lowest BCUT2D eigenvalue weighted by Crippen LogP contribution is -2.10. The summed E-state index contributed by atoms with van der Waals surface area (Å²) in [5.41, 5.74) is 0. The highest BCUT2D eigenvalue weighted by Crippen LogP contribution is 2.25. The third kappa shape index (κ3) is 2.05. The smallest absolute Gasteiger partial charge is 0.0953 e. The van der Waals surface area contributed by atoms with Crippen LogP contribution in [0.3, 0.4) is 0 Å². The topological polar surface area (TPSA) is 24.9 Å². The molecular weight excluding hydrogens is 168 g/mol. The van der Waals surface area contributed by atoms with Gasteiger partial charge in [-0.2, -0.15) is 0 Å². The molecule has 2 nitrogen and oxygen atoms in total. The molecule has 0 bridgehead atoms. The van der Waals surface area contributed by atoms with Gasteiger partial charge in [-0.05, 0) is 14.0 Å². The lowest BCUT2D eigenvalue weighted by molar-refractivity contribution is 0.662. The van der Waals surface area contributed by atoms with Crippen LogP contribution in [-0.2, 0) is 0 Å². The highest BCUT2D eigenvalue weighted by molar-refractivity contribution is 7.11. The number of nitrogens with one attached hydrogen (secondary N) is 1. The van der Waals surface area contributed by atoms with Gasteiger partial charge in [-0.3, -0.25) is 0 Å². The molecule has 0 saturated carbocycles. The summed E-state index contributed by atoms with van der Waals surface area (Å²) in [7, 11) is 1.97. The van der Waals surface area contributed by atoms with E-state index in [-0.39, 0.29) is 0 Å². The third-order valence-corrected chi connectivity index (χ3v) is 3.38. The molecule has 0 saturated heterocycles. The predicted octanol–water partition coefficient (Wildman–Crippen LogP) is 2.55. The van der Waals surface area contributed by atoms with Crippen molar-refractivity contribution in [1.82, 2.24) is 10.3 Å². The van der Waals surface area contributed by atoms with Gasteiger partial charge in [0.05, 0.1) is 5.01 Å². The van der Waals surface area contributed by atoms with Crippen LogP contribution in [0.1, 0.15) is 42.6 Å². The summed E-state index contributed by atoms with van der Waals surface area (Å²) in [6, 6.07) is 0.426. The van der Waals surface area contributed by atoms with E-state index in [1.54, 1.807) is 11.3 Å². The summed E-state index contributed by atoms with van der Waals surface area (Å²) < 4.78 is 0. The van der Waals surface area contributed by atoms with Crippen molar-refractivity contribution >= 4 is 11.3 Å². The van der Waals surface area contributed by atoms with Crippen LogP contribution in [0.4, 0.5) is 0 Å². The Kier molecular flexibility index (Phi) is 3.23. The fourth-order valence-electron chi connectivity index (χ4n) is 0.910. The van der Waals surface area contributed by atoms with Gasteiger partial charge >= 0.3 is 0 Å². The van der Waals surface area contributed by atoms with E-state index in [1.807, 2.05) is 13.2 Å². The molecule has 0 spiro atoms. The van der Waals surface area contributed by atoms with Gasteiger partial charge < -0.3 is 5.32 Å². The van der Waals surface area contributed by atoms with E-state index < -0.39 is 0 Å². The molecule has 1 heterocycles. The van der Waals surface area contributed by atoms with Crippen LogP contribution in [0.2, 0.25) is 0 Å². The highest BCUT2D eigenvalue weighted by Gasteiger charge is 2.09. The molecule has 1 atom stereocenters. The number of hydrogen-bond donors (Lipinski definition) is 1. The molecule has 0 aliphatic rings. The second kappa shape index (κ2) is 4.01. The van der Waals surface area contributed by atoms with Crippen LogP contribution in [0, 0.1) is 0 Å². The van der Waals surface area contributed by atoms with E-state index >= 15 is 0 Å². The average Bonchev–Trinajstić information content (AvgIpc) is 2.51. The molecule has 0 radical (unpaired) electrons. The Morgan fingerprint density at radius 1 is 1.42 bits per heavy atom. The van der Waals surface area contributed by atoms with Crippen LogP contribution < -0.4 is 5.32 Å². The van der Waals surface area contributed by atoms with Crippen molar-refractivity contribution in [2.75, 3.05) is 7.05 Å². The zero-order chi connectivity index (χ0) is 9.14. The van der Waals surface area contributed by atoms with Crippen molar-refractivity contribution in [2.45, 2.75) is 32.7 Å². The second-order valence-electron chi connectivity index (χ2n) is 3.27. The summed E-state index contributed by atoms with van der Waals surface area (Å²) in [6.45, 7) is 6.50. The number of hydrogen-bond acceptors (Lipinski definition) is 3. The molecular formula is C9H16N2S. The van der Waals surface area contributed by atoms with Gasteiger partial charge in [-0.25, -0.2) is 4.98 Å². The van der Waals surface area contributed by atoms with Crippen molar-refractivity contribution in [3.63, 3.8) is 0 Å². The van der Waals surface area contributed by atoms with Crippen molar-refractivity contribution in [3.8, 4) is 0 Å². The Balaban J connectivity index is 2.77. The largest absolute Gasteiger partial charge is 0.312 e. The molecule has 0 amide bonds. The zero-order valence-electron chi connectivity index (χ0n) is 8.09. The fraction of sp³-hybridized carbons (Fsp3) is 0.667. The van der Waals surface area contributed by atoms with Gasteiger partial charge in [-0.15, -0.1) is 11.3 Å². The molecule has 68 valence electrons. The van der Waals surface area contributed by atoms with E-state index in [0.717, 1.165) is 0 Å². The van der Waals surface area contributed by atoms with Crippen LogP contribution in [0.5, 0.6) is 0 Å². The lowest BCUT2D eigenvalue weighted by Gasteiger charge is -2.05. The zero-order valence-corrected chi connectivity index (χ0v) is 8.90. The monoisotopic (exact) mass is 184 g/mol. The van der Waals surface area contributed by atoms with E-state index in [2.05, 4.69) is 31.1 Å². The summed E-state index contributed by atoms with van der Waals surface area (Å²) in [5.74, 6) is 0.549. The van der Waals surface area contributed by atoms with Crippen molar-refractivity contribution in [2.24, 2.45) is 0 Å². The van der Waals surface area contributed by atoms with Gasteiger partial charge in [0.25, 0.3) is 0 Å². The molecule has 1 aromatic rings. The average molecular weight is 184 g/mol. The Hall–Kier alpha value is -0.410.